The summed E-state index contributed by atoms with van der Waals surface area (Å²) in [5, 5.41) is 3.47. The first kappa shape index (κ1) is 17.0. The first-order chi connectivity index (χ1) is 18.9. The van der Waals surface area contributed by atoms with Crippen molar-refractivity contribution in [3.05, 3.63) is 23.8 Å². The number of alkyl halides is 3. The Kier molecular flexibility index (Phi) is 4.10. The fourth-order valence-electron chi connectivity index (χ4n) is 7.46. The predicted octanol–water partition coefficient (Wildman–Crippen LogP) is 4.43. The van der Waals surface area contributed by atoms with E-state index in [0.717, 1.165) is 12.2 Å². The number of ether oxygens (including phenoxy) is 1. The van der Waals surface area contributed by atoms with Crippen molar-refractivity contribution in [3.8, 4) is 0 Å². The highest BCUT2D eigenvalue weighted by Gasteiger charge is 2.78. The van der Waals surface area contributed by atoms with Gasteiger partial charge in [-0.05, 0) is 61.6 Å². The summed E-state index contributed by atoms with van der Waals surface area (Å²) >= 11 is -0.499. The van der Waals surface area contributed by atoms with Crippen molar-refractivity contribution in [2.24, 2.45) is 28.6 Å². The lowest BCUT2D eigenvalue weighted by atomic mass is 9.44. The van der Waals surface area contributed by atoms with Crippen LogP contribution in [0.1, 0.15) is 62.9 Å². The van der Waals surface area contributed by atoms with Crippen LogP contribution in [0.5, 0.6) is 0 Å². The average Bonchev–Trinajstić information content (AvgIpc) is 3.06. The highest BCUT2D eigenvalue weighted by molar-refractivity contribution is 8.13. The summed E-state index contributed by atoms with van der Waals surface area (Å²) in [7, 11) is 0. The lowest BCUT2D eigenvalue weighted by molar-refractivity contribution is -0.228. The monoisotopic (exact) mass is 508 g/mol. The molecule has 9 heteroatoms. The Bertz CT molecular complexity index is 1260. The second-order valence-corrected chi connectivity index (χ2v) is 10.9. The van der Waals surface area contributed by atoms with Crippen LogP contribution in [0, 0.1) is 28.6 Å². The van der Waals surface area contributed by atoms with Gasteiger partial charge in [0.25, 0.3) is 0 Å². The molecule has 5 nitrogen and oxygen atoms in total. The molecule has 0 radical (unpaired) electrons. The maximum Gasteiger partial charge on any atom is 0.306 e. The summed E-state index contributed by atoms with van der Waals surface area (Å²) in [5.74, 6) is -9.85. The fourth-order valence-corrected chi connectivity index (χ4v) is 8.16. The number of allylic oxidation sites excluding steroid dienone is 4. The number of ketones is 1. The highest BCUT2D eigenvalue weighted by Crippen LogP contribution is 2.72. The number of aliphatic hydroxyl groups is 1. The summed E-state index contributed by atoms with van der Waals surface area (Å²) < 4.78 is 114. The predicted molar refractivity (Wildman–Crippen MR) is 121 cm³/mol. The van der Waals surface area contributed by atoms with E-state index >= 15 is 8.78 Å². The van der Waals surface area contributed by atoms with Gasteiger partial charge in [-0.1, -0.05) is 26.8 Å². The Morgan fingerprint density at radius 2 is 2.12 bits per heavy atom. The zero-order valence-corrected chi connectivity index (χ0v) is 19.6. The van der Waals surface area contributed by atoms with E-state index in [1.807, 2.05) is 0 Å². The standard InChI is InChI=1S/C25H31F3O5S/c1-5-20(31)33-25(21(32)34-12-26)13(2)8-15-16-10-18(27)17-9-14(29)6-7-22(17,3)24(16,28)19(30)11-23(15,25)4/h6-7,9,13,15-16,18-19,30H,5,8,10-12H2,1-4H3/t13-,15+,16?,18+,19+,22+,23+,24+,25+/m1/s1/i1D3,5D2,12D2,30D. The zero-order valence-electron chi connectivity index (χ0n) is 26.8. The van der Waals surface area contributed by atoms with E-state index in [-0.39, 0.29) is 12.0 Å². The van der Waals surface area contributed by atoms with Crippen LogP contribution in [0.3, 0.4) is 0 Å². The Hall–Kier alpha value is -1.61. The number of esters is 1. The minimum Gasteiger partial charge on any atom is -0.449 e. The third-order valence-corrected chi connectivity index (χ3v) is 9.50. The smallest absolute Gasteiger partial charge is 0.306 e. The minimum atomic E-state index is -3.71. The highest BCUT2D eigenvalue weighted by atomic mass is 32.2. The van der Waals surface area contributed by atoms with Crippen molar-refractivity contribution in [2.45, 2.75) is 76.8 Å². The van der Waals surface area contributed by atoms with E-state index in [2.05, 4.69) is 0 Å². The SMILES string of the molecule is [2H]O[C@H]1C[C@@]2(C)[C@@H](C[C@@H](C)[C@]2(OC(=O)C([2H])([2H])C([2H])([2H])[2H])C(=O)SC([2H])([2H])F)C2C[C@H](F)C3=CC(=O)C=C[C@]3(C)[C@]21F. The maximum atomic E-state index is 17.7. The molecule has 3 fully saturated rings. The molecule has 0 heterocycles. The van der Waals surface area contributed by atoms with Crippen molar-refractivity contribution in [1.29, 1.82) is 1.43 Å². The first-order valence-electron chi connectivity index (χ1n) is 14.9. The molecule has 0 amide bonds. The van der Waals surface area contributed by atoms with Crippen LogP contribution >= 0.6 is 11.8 Å². The summed E-state index contributed by atoms with van der Waals surface area (Å²) in [6.07, 6.45) is -5.25. The molecule has 0 aromatic carbocycles. The largest absolute Gasteiger partial charge is 0.449 e. The van der Waals surface area contributed by atoms with Gasteiger partial charge in [0.1, 0.15) is 12.1 Å². The number of halogens is 3. The average molecular weight is 509 g/mol. The molecular formula is C25H31F3O5S. The third-order valence-electron chi connectivity index (χ3n) is 8.93. The van der Waals surface area contributed by atoms with Gasteiger partial charge in [0.05, 0.1) is 8.85 Å². The molecule has 1 N–H and O–H groups in total. The number of hydrogen-bond donors (Lipinski definition) is 1. The van der Waals surface area contributed by atoms with E-state index in [1.54, 1.807) is 0 Å². The van der Waals surface area contributed by atoms with E-state index in [0.29, 0.717) is 0 Å². The van der Waals surface area contributed by atoms with Crippen molar-refractivity contribution in [2.75, 3.05) is 5.96 Å². The van der Waals surface area contributed by atoms with Crippen molar-refractivity contribution >= 4 is 28.6 Å². The van der Waals surface area contributed by atoms with E-state index in [9.17, 15) is 18.8 Å². The third kappa shape index (κ3) is 3.01. The molecule has 0 bridgehead atoms. The van der Waals surface area contributed by atoms with Gasteiger partial charge in [-0.3, -0.25) is 14.4 Å². The van der Waals surface area contributed by atoms with Crippen LogP contribution in [0.2, 0.25) is 0 Å². The van der Waals surface area contributed by atoms with Gasteiger partial charge in [0, 0.05) is 35.9 Å². The summed E-state index contributed by atoms with van der Waals surface area (Å²) in [6.45, 7) is 0.494. The van der Waals surface area contributed by atoms with Crippen LogP contribution in [0.15, 0.2) is 23.8 Å². The lowest BCUT2D eigenvalue weighted by Crippen LogP contribution is -2.70. The number of rotatable bonds is 5. The number of carbonyl (C=O) groups excluding carboxylic acids is 3. The topological polar surface area (TPSA) is 80.7 Å². The van der Waals surface area contributed by atoms with E-state index in [1.165, 1.54) is 26.8 Å². The molecule has 4 aliphatic rings. The Labute approximate surface area is 212 Å². The summed E-state index contributed by atoms with van der Waals surface area (Å²) in [4.78, 5) is 39.1. The first-order valence-corrected chi connectivity index (χ1v) is 11.8. The number of thioether (sulfide) groups is 1. The van der Waals surface area contributed by atoms with Gasteiger partial charge >= 0.3 is 5.97 Å². The van der Waals surface area contributed by atoms with E-state index < -0.39 is 113 Å². The normalized spacial score (nSPS) is 52.0. The zero-order chi connectivity index (χ0) is 32.1. The second kappa shape index (κ2) is 8.22. The number of carbonyl (C=O) groups is 3. The van der Waals surface area contributed by atoms with Crippen molar-refractivity contribution in [1.82, 2.24) is 0 Å². The molecule has 4 rings (SSSR count). The van der Waals surface area contributed by atoms with Crippen molar-refractivity contribution < 1.29 is 47.0 Å². The molecule has 0 spiro atoms. The number of fused-ring (bicyclic) bond motifs is 5. The summed E-state index contributed by atoms with van der Waals surface area (Å²) in [5.41, 5.74) is -8.92. The molecule has 9 atom stereocenters. The Morgan fingerprint density at radius 3 is 2.76 bits per heavy atom. The van der Waals surface area contributed by atoms with Gasteiger partial charge < -0.3 is 9.85 Å². The molecule has 0 aliphatic heterocycles. The molecule has 0 aromatic rings. The number of aliphatic hydroxyl groups excluding tert-OH is 1. The molecular weight excluding hydrogens is 469 g/mol. The van der Waals surface area contributed by atoms with Crippen LogP contribution in [0.4, 0.5) is 13.2 Å². The molecule has 0 saturated heterocycles. The quantitative estimate of drug-likeness (QED) is 0.554. The Balaban J connectivity index is 1.92. The molecule has 188 valence electrons. The minimum absolute atomic E-state index is 0.147. The number of hydrogen-bond acceptors (Lipinski definition) is 6. The molecule has 1 unspecified atom stereocenters. The second-order valence-electron chi connectivity index (χ2n) is 10.2. The lowest BCUT2D eigenvalue weighted by Gasteiger charge is -2.63. The van der Waals surface area contributed by atoms with E-state index in [4.69, 9.17) is 20.9 Å². The molecule has 0 aromatic heterocycles. The van der Waals surface area contributed by atoms with Crippen LogP contribution in [0.25, 0.3) is 0 Å². The van der Waals surface area contributed by atoms with Gasteiger partial charge in [0.15, 0.2) is 17.1 Å². The van der Waals surface area contributed by atoms with Crippen molar-refractivity contribution in [3.63, 3.8) is 0 Å². The molecule has 3 saturated carbocycles. The maximum absolute atomic E-state index is 17.7. The van der Waals surface area contributed by atoms with Gasteiger partial charge in [-0.25, -0.2) is 13.2 Å². The van der Waals surface area contributed by atoms with Gasteiger partial charge in [0.2, 0.25) is 6.55 Å². The van der Waals surface area contributed by atoms with Gasteiger partial charge in [-0.2, -0.15) is 0 Å². The molecule has 4 aliphatic carbocycles. The Morgan fingerprint density at radius 1 is 1.38 bits per heavy atom. The van der Waals surface area contributed by atoms with Crippen LogP contribution in [-0.2, 0) is 19.1 Å². The van der Waals surface area contributed by atoms with Gasteiger partial charge in [-0.15, -0.1) is 0 Å². The fraction of sp³-hybridized carbons (Fsp3) is 0.720. The molecule has 34 heavy (non-hydrogen) atoms. The van der Waals surface area contributed by atoms with Crippen LogP contribution in [-0.4, -0.2) is 52.9 Å². The summed E-state index contributed by atoms with van der Waals surface area (Å²) in [6, 6.07) is 0. The van der Waals surface area contributed by atoms with Crippen LogP contribution < -0.4 is 0 Å².